The quantitative estimate of drug-likeness (QED) is 0.738. The van der Waals surface area contributed by atoms with Gasteiger partial charge in [0.25, 0.3) is 0 Å². The Hall–Kier alpha value is -1.50. The third-order valence-corrected chi connectivity index (χ3v) is 2.85. The van der Waals surface area contributed by atoms with Crippen molar-refractivity contribution >= 4 is 10.8 Å². The van der Waals surface area contributed by atoms with Crippen LogP contribution in [0.2, 0.25) is 0 Å². The molecule has 1 heteroatoms. The molecule has 2 rings (SSSR count). The van der Waals surface area contributed by atoms with Crippen LogP contribution in [0.4, 0.5) is 0 Å². The zero-order valence-electron chi connectivity index (χ0n) is 11.1. The Kier molecular flexibility index (Phi) is 3.10. The average molecular weight is 228 g/mol. The molecule has 0 saturated carbocycles. The van der Waals surface area contributed by atoms with Crippen molar-refractivity contribution in [2.75, 3.05) is 7.11 Å². The molecule has 0 N–H and O–H groups in total. The standard InChI is InChI=1S/C16H20O/c1-16(2,3)11-12-5-6-14-10-15(17-4)8-7-13(14)9-12/h5-10H,11H2,1-4H3. The van der Waals surface area contributed by atoms with E-state index < -0.39 is 0 Å². The van der Waals surface area contributed by atoms with Gasteiger partial charge in [0.05, 0.1) is 7.11 Å². The third kappa shape index (κ3) is 3.00. The summed E-state index contributed by atoms with van der Waals surface area (Å²) in [7, 11) is 1.70. The SMILES string of the molecule is COc1ccc2cc(CC(C)(C)C)ccc2c1. The molecule has 90 valence electrons. The Labute approximate surface area is 103 Å². The van der Waals surface area contributed by atoms with Crippen molar-refractivity contribution in [3.05, 3.63) is 42.0 Å². The number of hydrogen-bond donors (Lipinski definition) is 0. The third-order valence-electron chi connectivity index (χ3n) is 2.85. The van der Waals surface area contributed by atoms with Crippen LogP contribution in [-0.2, 0) is 6.42 Å². The van der Waals surface area contributed by atoms with Gasteiger partial charge in [-0.05, 0) is 40.3 Å². The summed E-state index contributed by atoms with van der Waals surface area (Å²) in [5.41, 5.74) is 1.73. The molecule has 0 spiro atoms. The highest BCUT2D eigenvalue weighted by Gasteiger charge is 2.11. The Bertz CT molecular complexity index is 521. The van der Waals surface area contributed by atoms with Crippen LogP contribution in [0.3, 0.4) is 0 Å². The number of methoxy groups -OCH3 is 1. The molecule has 1 nitrogen and oxygen atoms in total. The second-order valence-corrected chi connectivity index (χ2v) is 5.78. The second kappa shape index (κ2) is 4.40. The largest absolute Gasteiger partial charge is 0.497 e. The zero-order valence-corrected chi connectivity index (χ0v) is 11.1. The van der Waals surface area contributed by atoms with Gasteiger partial charge in [0.15, 0.2) is 0 Å². The van der Waals surface area contributed by atoms with Crippen molar-refractivity contribution in [1.29, 1.82) is 0 Å². The second-order valence-electron chi connectivity index (χ2n) is 5.78. The molecule has 17 heavy (non-hydrogen) atoms. The first-order valence-electron chi connectivity index (χ1n) is 6.05. The molecule has 0 aliphatic rings. The Morgan fingerprint density at radius 3 is 2.24 bits per heavy atom. The molecule has 2 aromatic carbocycles. The summed E-state index contributed by atoms with van der Waals surface area (Å²) in [5.74, 6) is 0.918. The first kappa shape index (κ1) is 12.0. The molecule has 0 radical (unpaired) electrons. The highest BCUT2D eigenvalue weighted by Crippen LogP contribution is 2.25. The maximum atomic E-state index is 5.23. The van der Waals surface area contributed by atoms with E-state index in [1.165, 1.54) is 16.3 Å². The van der Waals surface area contributed by atoms with Gasteiger partial charge in [-0.25, -0.2) is 0 Å². The summed E-state index contributed by atoms with van der Waals surface area (Å²) < 4.78 is 5.23. The summed E-state index contributed by atoms with van der Waals surface area (Å²) in [6.45, 7) is 6.81. The molecular weight excluding hydrogens is 208 g/mol. The van der Waals surface area contributed by atoms with Gasteiger partial charge in [0.2, 0.25) is 0 Å². The lowest BCUT2D eigenvalue weighted by molar-refractivity contribution is 0.411. The van der Waals surface area contributed by atoms with Gasteiger partial charge in [-0.1, -0.05) is 45.0 Å². The van der Waals surface area contributed by atoms with Crippen molar-refractivity contribution in [2.45, 2.75) is 27.2 Å². The molecule has 0 amide bonds. The van der Waals surface area contributed by atoms with E-state index in [4.69, 9.17) is 4.74 Å². The van der Waals surface area contributed by atoms with Crippen molar-refractivity contribution in [1.82, 2.24) is 0 Å². The van der Waals surface area contributed by atoms with Crippen LogP contribution in [0.1, 0.15) is 26.3 Å². The van der Waals surface area contributed by atoms with Gasteiger partial charge in [-0.3, -0.25) is 0 Å². The molecule has 0 atom stereocenters. The number of ether oxygens (including phenoxy) is 1. The van der Waals surface area contributed by atoms with Crippen LogP contribution in [0, 0.1) is 5.41 Å². The minimum absolute atomic E-state index is 0.333. The van der Waals surface area contributed by atoms with Crippen LogP contribution >= 0.6 is 0 Å². The fraction of sp³-hybridized carbons (Fsp3) is 0.375. The topological polar surface area (TPSA) is 9.23 Å². The van der Waals surface area contributed by atoms with Gasteiger partial charge in [0, 0.05) is 0 Å². The van der Waals surface area contributed by atoms with Crippen molar-refractivity contribution in [2.24, 2.45) is 5.41 Å². The maximum Gasteiger partial charge on any atom is 0.119 e. The van der Waals surface area contributed by atoms with Crippen LogP contribution in [0.25, 0.3) is 10.8 Å². The average Bonchev–Trinajstić information content (AvgIpc) is 2.26. The molecule has 0 aliphatic heterocycles. The van der Waals surface area contributed by atoms with E-state index in [9.17, 15) is 0 Å². The van der Waals surface area contributed by atoms with Crippen LogP contribution in [0.15, 0.2) is 36.4 Å². The Balaban J connectivity index is 2.38. The van der Waals surface area contributed by atoms with Crippen molar-refractivity contribution < 1.29 is 4.74 Å². The minimum Gasteiger partial charge on any atom is -0.497 e. The fourth-order valence-corrected chi connectivity index (χ4v) is 2.12. The summed E-state index contributed by atoms with van der Waals surface area (Å²) in [6.07, 6.45) is 1.11. The molecular formula is C16H20O. The molecule has 0 saturated heterocycles. The van der Waals surface area contributed by atoms with E-state index in [1.54, 1.807) is 7.11 Å². The maximum absolute atomic E-state index is 5.23. The van der Waals surface area contributed by atoms with E-state index in [1.807, 2.05) is 6.07 Å². The van der Waals surface area contributed by atoms with Gasteiger partial charge >= 0.3 is 0 Å². The summed E-state index contributed by atoms with van der Waals surface area (Å²) >= 11 is 0. The van der Waals surface area contributed by atoms with Crippen molar-refractivity contribution in [3.63, 3.8) is 0 Å². The van der Waals surface area contributed by atoms with Gasteiger partial charge in [-0.15, -0.1) is 0 Å². The molecule has 0 bridgehead atoms. The first-order valence-corrected chi connectivity index (χ1v) is 6.05. The van der Waals surface area contributed by atoms with Crippen LogP contribution < -0.4 is 4.74 Å². The van der Waals surface area contributed by atoms with Gasteiger partial charge < -0.3 is 4.74 Å². The smallest absolute Gasteiger partial charge is 0.119 e. The molecule has 0 unspecified atom stereocenters. The predicted octanol–water partition coefficient (Wildman–Crippen LogP) is 4.44. The molecule has 2 aromatic rings. The van der Waals surface area contributed by atoms with Gasteiger partial charge in [-0.2, -0.15) is 0 Å². The summed E-state index contributed by atoms with van der Waals surface area (Å²) in [6, 6.07) is 12.9. The number of fused-ring (bicyclic) bond motifs is 1. The van der Waals surface area contributed by atoms with Crippen LogP contribution in [-0.4, -0.2) is 7.11 Å². The van der Waals surface area contributed by atoms with E-state index >= 15 is 0 Å². The molecule has 0 aromatic heterocycles. The van der Waals surface area contributed by atoms with E-state index in [-0.39, 0.29) is 0 Å². The lowest BCUT2D eigenvalue weighted by Crippen LogP contribution is -2.08. The number of hydrogen-bond acceptors (Lipinski definition) is 1. The first-order chi connectivity index (χ1) is 7.98. The normalized spacial score (nSPS) is 11.8. The van der Waals surface area contributed by atoms with E-state index in [0.717, 1.165) is 12.2 Å². The van der Waals surface area contributed by atoms with Crippen molar-refractivity contribution in [3.8, 4) is 5.75 Å². The van der Waals surface area contributed by atoms with E-state index in [2.05, 4.69) is 51.1 Å². The number of benzene rings is 2. The predicted molar refractivity (Wildman–Crippen MR) is 73.7 cm³/mol. The zero-order chi connectivity index (χ0) is 12.5. The highest BCUT2D eigenvalue weighted by molar-refractivity contribution is 5.84. The van der Waals surface area contributed by atoms with Crippen LogP contribution in [0.5, 0.6) is 5.75 Å². The highest BCUT2D eigenvalue weighted by atomic mass is 16.5. The fourth-order valence-electron chi connectivity index (χ4n) is 2.12. The minimum atomic E-state index is 0.333. The molecule has 0 fully saturated rings. The summed E-state index contributed by atoms with van der Waals surface area (Å²) in [4.78, 5) is 0. The van der Waals surface area contributed by atoms with Gasteiger partial charge in [0.1, 0.15) is 5.75 Å². The molecule has 0 aliphatic carbocycles. The molecule has 0 heterocycles. The Morgan fingerprint density at radius 2 is 1.59 bits per heavy atom. The monoisotopic (exact) mass is 228 g/mol. The lowest BCUT2D eigenvalue weighted by Gasteiger charge is -2.18. The Morgan fingerprint density at radius 1 is 0.941 bits per heavy atom. The number of rotatable bonds is 2. The summed E-state index contributed by atoms with van der Waals surface area (Å²) in [5, 5.41) is 2.52. The lowest BCUT2D eigenvalue weighted by atomic mass is 9.87. The van der Waals surface area contributed by atoms with E-state index in [0.29, 0.717) is 5.41 Å².